The summed E-state index contributed by atoms with van der Waals surface area (Å²) in [4.78, 5) is 24.9. The number of carbonyl (C=O) groups is 2. The van der Waals surface area contributed by atoms with Crippen molar-refractivity contribution >= 4 is 23.5 Å². The number of halogens is 1. The maximum absolute atomic E-state index is 12.1. The van der Waals surface area contributed by atoms with Crippen LogP contribution in [0.2, 0.25) is 5.02 Å². The van der Waals surface area contributed by atoms with Gasteiger partial charge in [0.25, 0.3) is 0 Å². The standard InChI is InChI=1S/C14H16ClNO3/c1-14(13(18)19)5-6-16(9-14)12(17)8-10-3-2-4-11(15)7-10/h2-4,7H,5-6,8-9H2,1H3,(H,18,19). The van der Waals surface area contributed by atoms with Crippen molar-refractivity contribution in [3.05, 3.63) is 34.9 Å². The zero-order chi connectivity index (χ0) is 14.0. The first kappa shape index (κ1) is 13.9. The highest BCUT2D eigenvalue weighted by Gasteiger charge is 2.41. The average Bonchev–Trinajstić information content (AvgIpc) is 2.73. The third-order valence-corrected chi connectivity index (χ3v) is 3.82. The van der Waals surface area contributed by atoms with Crippen LogP contribution >= 0.6 is 11.6 Å². The Morgan fingerprint density at radius 2 is 2.21 bits per heavy atom. The van der Waals surface area contributed by atoms with Crippen LogP contribution in [0.3, 0.4) is 0 Å². The first-order valence-electron chi connectivity index (χ1n) is 6.16. The number of benzene rings is 1. The fourth-order valence-corrected chi connectivity index (χ4v) is 2.49. The van der Waals surface area contributed by atoms with E-state index in [1.54, 1.807) is 30.0 Å². The second kappa shape index (κ2) is 5.21. The quantitative estimate of drug-likeness (QED) is 0.924. The van der Waals surface area contributed by atoms with Gasteiger partial charge in [0.1, 0.15) is 0 Å². The number of hydrogen-bond acceptors (Lipinski definition) is 2. The lowest BCUT2D eigenvalue weighted by molar-refractivity contribution is -0.147. The van der Waals surface area contributed by atoms with E-state index >= 15 is 0 Å². The van der Waals surface area contributed by atoms with E-state index in [1.165, 1.54) is 0 Å². The lowest BCUT2D eigenvalue weighted by Crippen LogP contribution is -2.35. The Hall–Kier alpha value is -1.55. The molecule has 1 N–H and O–H groups in total. The Balaban J connectivity index is 2.01. The number of carbonyl (C=O) groups excluding carboxylic acids is 1. The van der Waals surface area contributed by atoms with E-state index in [0.29, 0.717) is 18.0 Å². The molecule has 1 heterocycles. The third kappa shape index (κ3) is 3.07. The van der Waals surface area contributed by atoms with E-state index < -0.39 is 11.4 Å². The third-order valence-electron chi connectivity index (χ3n) is 3.59. The highest BCUT2D eigenvalue weighted by atomic mass is 35.5. The average molecular weight is 282 g/mol. The Kier molecular flexibility index (Phi) is 3.80. The zero-order valence-corrected chi connectivity index (χ0v) is 11.5. The van der Waals surface area contributed by atoms with Crippen molar-refractivity contribution in [2.75, 3.05) is 13.1 Å². The number of rotatable bonds is 3. The van der Waals surface area contributed by atoms with E-state index in [2.05, 4.69) is 0 Å². The number of aliphatic carboxylic acids is 1. The van der Waals surface area contributed by atoms with Crippen molar-refractivity contribution in [1.29, 1.82) is 0 Å². The van der Waals surface area contributed by atoms with Gasteiger partial charge in [0.2, 0.25) is 5.91 Å². The van der Waals surface area contributed by atoms with Gasteiger partial charge >= 0.3 is 5.97 Å². The molecular weight excluding hydrogens is 266 g/mol. The molecule has 5 heteroatoms. The molecule has 1 aliphatic heterocycles. The van der Waals surface area contributed by atoms with Crippen molar-refractivity contribution in [2.24, 2.45) is 5.41 Å². The summed E-state index contributed by atoms with van der Waals surface area (Å²) in [7, 11) is 0. The maximum Gasteiger partial charge on any atom is 0.311 e. The van der Waals surface area contributed by atoms with Crippen molar-refractivity contribution in [2.45, 2.75) is 19.8 Å². The summed E-state index contributed by atoms with van der Waals surface area (Å²) >= 11 is 5.87. The molecule has 1 aliphatic rings. The molecule has 19 heavy (non-hydrogen) atoms. The summed E-state index contributed by atoms with van der Waals surface area (Å²) in [5.74, 6) is -0.891. The monoisotopic (exact) mass is 281 g/mol. The molecule has 0 radical (unpaired) electrons. The molecule has 2 rings (SSSR count). The van der Waals surface area contributed by atoms with Crippen molar-refractivity contribution in [3.63, 3.8) is 0 Å². The van der Waals surface area contributed by atoms with Gasteiger partial charge in [0.15, 0.2) is 0 Å². The van der Waals surface area contributed by atoms with Crippen molar-refractivity contribution < 1.29 is 14.7 Å². The van der Waals surface area contributed by atoms with Gasteiger partial charge in [0, 0.05) is 18.1 Å². The normalized spacial score (nSPS) is 22.5. The maximum atomic E-state index is 12.1. The molecule has 1 atom stereocenters. The van der Waals surface area contributed by atoms with Gasteiger partial charge in [-0.2, -0.15) is 0 Å². The van der Waals surface area contributed by atoms with Gasteiger partial charge in [-0.1, -0.05) is 23.7 Å². The van der Waals surface area contributed by atoms with Crippen LogP contribution < -0.4 is 0 Å². The van der Waals surface area contributed by atoms with Crippen LogP contribution in [0, 0.1) is 5.41 Å². The van der Waals surface area contributed by atoms with Crippen LogP contribution in [0.5, 0.6) is 0 Å². The SMILES string of the molecule is CC1(C(=O)O)CCN(C(=O)Cc2cccc(Cl)c2)C1. The summed E-state index contributed by atoms with van der Waals surface area (Å²) in [6, 6.07) is 7.16. The van der Waals surface area contributed by atoms with Crippen LogP contribution in [0.1, 0.15) is 18.9 Å². The summed E-state index contributed by atoms with van der Waals surface area (Å²) in [5, 5.41) is 9.74. The molecule has 1 aromatic carbocycles. The number of hydrogen-bond donors (Lipinski definition) is 1. The van der Waals surface area contributed by atoms with Gasteiger partial charge in [-0.05, 0) is 31.0 Å². The molecule has 0 aliphatic carbocycles. The lowest BCUT2D eigenvalue weighted by Gasteiger charge is -2.20. The molecule has 1 aromatic rings. The minimum absolute atomic E-state index is 0.0489. The minimum Gasteiger partial charge on any atom is -0.481 e. The first-order chi connectivity index (χ1) is 8.90. The molecule has 0 aromatic heterocycles. The van der Waals surface area contributed by atoms with Gasteiger partial charge < -0.3 is 10.0 Å². The van der Waals surface area contributed by atoms with E-state index in [4.69, 9.17) is 16.7 Å². The number of carboxylic acid groups (broad SMARTS) is 1. The molecule has 0 bridgehead atoms. The largest absolute Gasteiger partial charge is 0.481 e. The molecule has 1 unspecified atom stereocenters. The number of nitrogens with zero attached hydrogens (tertiary/aromatic N) is 1. The zero-order valence-electron chi connectivity index (χ0n) is 10.7. The Bertz CT molecular complexity index is 517. The van der Waals surface area contributed by atoms with E-state index in [0.717, 1.165) is 5.56 Å². The predicted octanol–water partition coefficient (Wildman–Crippen LogP) is 2.21. The summed E-state index contributed by atoms with van der Waals surface area (Å²) in [6.07, 6.45) is 0.764. The number of likely N-dealkylation sites (tertiary alicyclic amines) is 1. The van der Waals surface area contributed by atoms with Crippen LogP contribution in [0.25, 0.3) is 0 Å². The topological polar surface area (TPSA) is 57.6 Å². The minimum atomic E-state index is -0.842. The molecule has 0 saturated carbocycles. The molecular formula is C14H16ClNO3. The van der Waals surface area contributed by atoms with Crippen LogP contribution in [-0.2, 0) is 16.0 Å². The first-order valence-corrected chi connectivity index (χ1v) is 6.54. The number of carboxylic acids is 1. The molecule has 0 spiro atoms. The van der Waals surface area contributed by atoms with Gasteiger partial charge in [0.05, 0.1) is 11.8 Å². The fraction of sp³-hybridized carbons (Fsp3) is 0.429. The number of amides is 1. The summed E-state index contributed by atoms with van der Waals surface area (Å²) < 4.78 is 0. The highest BCUT2D eigenvalue weighted by molar-refractivity contribution is 6.30. The Morgan fingerprint density at radius 1 is 1.47 bits per heavy atom. The van der Waals surface area contributed by atoms with E-state index in [-0.39, 0.29) is 18.9 Å². The molecule has 4 nitrogen and oxygen atoms in total. The fourth-order valence-electron chi connectivity index (χ4n) is 2.28. The second-order valence-corrected chi connectivity index (χ2v) is 5.67. The molecule has 1 saturated heterocycles. The van der Waals surface area contributed by atoms with Crippen LogP contribution in [0.4, 0.5) is 0 Å². The summed E-state index contributed by atoms with van der Waals surface area (Å²) in [6.45, 7) is 2.46. The smallest absolute Gasteiger partial charge is 0.311 e. The van der Waals surface area contributed by atoms with Gasteiger partial charge in [-0.3, -0.25) is 9.59 Å². The van der Waals surface area contributed by atoms with Crippen LogP contribution in [0.15, 0.2) is 24.3 Å². The molecule has 1 amide bonds. The highest BCUT2D eigenvalue weighted by Crippen LogP contribution is 2.30. The Labute approximate surface area is 117 Å². The van der Waals surface area contributed by atoms with Crippen LogP contribution in [-0.4, -0.2) is 35.0 Å². The predicted molar refractivity (Wildman–Crippen MR) is 72.1 cm³/mol. The second-order valence-electron chi connectivity index (χ2n) is 5.24. The van der Waals surface area contributed by atoms with E-state index in [9.17, 15) is 9.59 Å². The van der Waals surface area contributed by atoms with E-state index in [1.807, 2.05) is 6.07 Å². The molecule has 1 fully saturated rings. The Morgan fingerprint density at radius 3 is 2.79 bits per heavy atom. The van der Waals surface area contributed by atoms with Crippen molar-refractivity contribution in [3.8, 4) is 0 Å². The van der Waals surface area contributed by atoms with Gasteiger partial charge in [-0.25, -0.2) is 0 Å². The summed E-state index contributed by atoms with van der Waals surface area (Å²) in [5.41, 5.74) is 0.0331. The van der Waals surface area contributed by atoms with Crippen molar-refractivity contribution in [1.82, 2.24) is 4.90 Å². The van der Waals surface area contributed by atoms with Gasteiger partial charge in [-0.15, -0.1) is 0 Å². The lowest BCUT2D eigenvalue weighted by atomic mass is 9.90. The molecule has 102 valence electrons.